The number of pyridine rings is 2. The van der Waals surface area contributed by atoms with Crippen molar-refractivity contribution in [2.75, 3.05) is 0 Å². The van der Waals surface area contributed by atoms with Gasteiger partial charge in [0, 0.05) is 32.4 Å². The predicted molar refractivity (Wildman–Crippen MR) is 234 cm³/mol. The summed E-state index contributed by atoms with van der Waals surface area (Å²) < 4.78 is 13.0. The molecule has 55 heavy (non-hydrogen) atoms. The zero-order valence-corrected chi connectivity index (χ0v) is 37.3. The van der Waals surface area contributed by atoms with E-state index >= 15 is 0 Å². The van der Waals surface area contributed by atoms with E-state index in [4.69, 9.17) is 11.3 Å². The van der Waals surface area contributed by atoms with Gasteiger partial charge in [0.1, 0.15) is 0 Å². The normalized spacial score (nSPS) is 14.1. The molecule has 3 heterocycles. The van der Waals surface area contributed by atoms with Crippen LogP contribution in [0.4, 0.5) is 0 Å². The zero-order chi connectivity index (χ0) is 38.0. The summed E-state index contributed by atoms with van der Waals surface area (Å²) >= 11 is -0.0326. The van der Waals surface area contributed by atoms with Gasteiger partial charge in [-0.1, -0.05) is 78.7 Å². The minimum atomic E-state index is -1.85. The van der Waals surface area contributed by atoms with Crippen LogP contribution in [0.25, 0.3) is 64.9 Å². The fourth-order valence-corrected chi connectivity index (χ4v) is 12.5. The van der Waals surface area contributed by atoms with Crippen molar-refractivity contribution >= 4 is 49.2 Å². The van der Waals surface area contributed by atoms with Crippen LogP contribution in [0.5, 0.6) is 0 Å². The van der Waals surface area contributed by atoms with Gasteiger partial charge in [0.15, 0.2) is 0 Å². The molecule has 0 amide bonds. The van der Waals surface area contributed by atoms with Gasteiger partial charge in [0.2, 0.25) is 0 Å². The summed E-state index contributed by atoms with van der Waals surface area (Å²) in [7, 11) is 0. The van der Waals surface area contributed by atoms with Crippen molar-refractivity contribution in [2.24, 2.45) is 0 Å². The smallest absolute Gasteiger partial charge is 0.0352 e. The number of thiophene rings is 1. The number of fused-ring (bicyclic) bond motifs is 3. The molecule has 9 rings (SSSR count). The Balaban J connectivity index is 0.000000178. The number of benzene rings is 5. The molecule has 2 nitrogen and oxygen atoms in total. The SMILES string of the molecule is Cc1cc(-c2[c-]ccc(-c3ccccc3)c2)nc[c]1[Ge]([CH3])([CH3])[CH3].[2H]C1(c2ccnc(-c3[c-]ccc4c3sc3cc(-c5ccccc5)ccc34)c2)CCCCC1.[Ir]. The van der Waals surface area contributed by atoms with Gasteiger partial charge in [0.25, 0.3) is 0 Å². The van der Waals surface area contributed by atoms with Crippen LogP contribution in [0.1, 0.15) is 50.5 Å². The van der Waals surface area contributed by atoms with Crippen molar-refractivity contribution in [1.82, 2.24) is 9.97 Å². The zero-order valence-electron chi connectivity index (χ0n) is 33.0. The molecule has 0 unspecified atom stereocenters. The molecule has 0 spiro atoms. The fraction of sp³-hybridized carbons (Fsp3) is 0.200. The number of hydrogen-bond donors (Lipinski definition) is 0. The molecule has 3 aromatic heterocycles. The summed E-state index contributed by atoms with van der Waals surface area (Å²) in [6.45, 7) is 2.21. The molecule has 0 aliphatic heterocycles. The van der Waals surface area contributed by atoms with Gasteiger partial charge >= 0.3 is 142 Å². The van der Waals surface area contributed by atoms with Crippen LogP contribution in [-0.2, 0) is 20.1 Å². The molecule has 0 bridgehead atoms. The van der Waals surface area contributed by atoms with Crippen LogP contribution in [0, 0.1) is 19.1 Å². The van der Waals surface area contributed by atoms with Crippen LogP contribution >= 0.6 is 11.3 Å². The van der Waals surface area contributed by atoms with Crippen LogP contribution in [-0.4, -0.2) is 23.2 Å². The first-order chi connectivity index (χ1) is 26.7. The van der Waals surface area contributed by atoms with Gasteiger partial charge in [-0.2, -0.15) is 11.3 Å². The van der Waals surface area contributed by atoms with Gasteiger partial charge in [-0.3, -0.25) is 0 Å². The Morgan fingerprint density at radius 1 is 0.673 bits per heavy atom. The first-order valence-electron chi connectivity index (χ1n) is 19.6. The molecule has 0 atom stereocenters. The fourth-order valence-electron chi connectivity index (χ4n) is 7.71. The molecule has 5 heteroatoms. The summed E-state index contributed by atoms with van der Waals surface area (Å²) in [5, 5.41) is 2.53. The maximum absolute atomic E-state index is 9.04. The molecule has 1 aliphatic carbocycles. The average molecular weight is 973 g/mol. The number of hydrogen-bond acceptors (Lipinski definition) is 3. The van der Waals surface area contributed by atoms with Crippen molar-refractivity contribution < 1.29 is 21.5 Å². The van der Waals surface area contributed by atoms with E-state index in [0.717, 1.165) is 53.8 Å². The third-order valence-electron chi connectivity index (χ3n) is 10.5. The summed E-state index contributed by atoms with van der Waals surface area (Å²) in [4.78, 5) is 9.44. The summed E-state index contributed by atoms with van der Waals surface area (Å²) in [6.07, 6.45) is 9.38. The van der Waals surface area contributed by atoms with E-state index in [1.165, 1.54) is 58.8 Å². The molecule has 1 radical (unpaired) electrons. The van der Waals surface area contributed by atoms with E-state index < -0.39 is 19.2 Å². The van der Waals surface area contributed by atoms with Crippen molar-refractivity contribution in [3.63, 3.8) is 0 Å². The Hall–Kier alpha value is -4.19. The first-order valence-corrected chi connectivity index (χ1v) is 27.3. The van der Waals surface area contributed by atoms with E-state index in [0.29, 0.717) is 0 Å². The van der Waals surface area contributed by atoms with E-state index in [1.807, 2.05) is 41.8 Å². The second kappa shape index (κ2) is 17.3. The molecular weight excluding hydrogens is 925 g/mol. The summed E-state index contributed by atoms with van der Waals surface area (Å²) in [5.41, 5.74) is 11.4. The quantitative estimate of drug-likeness (QED) is 0.123. The summed E-state index contributed by atoms with van der Waals surface area (Å²) in [6, 6.07) is 51.4. The summed E-state index contributed by atoms with van der Waals surface area (Å²) in [5.74, 6) is 6.75. The molecule has 0 N–H and O–H groups in total. The number of rotatable bonds is 6. The van der Waals surface area contributed by atoms with Gasteiger partial charge < -0.3 is 4.98 Å². The Morgan fingerprint density at radius 2 is 1.36 bits per heavy atom. The Kier molecular flexibility index (Phi) is 11.9. The standard InChI is InChI=1S/C29H24NS.C21H22GeN.Ir/c1-3-8-20(9-4-1)22-14-15-24-25-12-7-13-26(29(25)31-28(24)19-22)27-18-23(16-17-30-27)21-10-5-2-6-11-21;1-16-13-21(23-15-20(16)22(2,3)4)19-12-8-11-18(14-19)17-9-6-5-7-10-17;/h1,3-4,7-9,12,14-19,21H,2,5-6,10-11H2;5-11,13-15H,1-4H3;/q2*-1;/i21D;;. The average Bonchev–Trinajstić information content (AvgIpc) is 3.60. The van der Waals surface area contributed by atoms with Gasteiger partial charge in [0.05, 0.1) is 0 Å². The van der Waals surface area contributed by atoms with E-state index in [-0.39, 0.29) is 20.1 Å². The minimum absolute atomic E-state index is 0. The molecule has 1 saturated carbocycles. The maximum Gasteiger partial charge on any atom is 0.0352 e. The molecular formula is C50H46GeIrN2S-2. The van der Waals surface area contributed by atoms with Crippen LogP contribution in [0.15, 0.2) is 140 Å². The van der Waals surface area contributed by atoms with Crippen LogP contribution in [0.2, 0.25) is 17.3 Å². The number of aryl methyl sites for hydroxylation is 1. The second-order valence-electron chi connectivity index (χ2n) is 15.4. The Morgan fingerprint density at radius 3 is 2.05 bits per heavy atom. The van der Waals surface area contributed by atoms with E-state index in [2.05, 4.69) is 146 Å². The number of nitrogens with zero attached hydrogens (tertiary/aromatic N) is 2. The number of aromatic nitrogens is 2. The van der Waals surface area contributed by atoms with Crippen molar-refractivity contribution in [3.05, 3.63) is 163 Å². The molecule has 0 saturated heterocycles. The molecule has 1 aliphatic rings. The molecule has 277 valence electrons. The monoisotopic (exact) mass is 974 g/mol. The molecule has 5 aromatic carbocycles. The third kappa shape index (κ3) is 8.79. The largest absolute Gasteiger partial charge is 0.305 e. The molecule has 1 fully saturated rings. The third-order valence-corrected chi connectivity index (χ3v) is 16.2. The van der Waals surface area contributed by atoms with Crippen molar-refractivity contribution in [2.45, 2.75) is 62.2 Å². The van der Waals surface area contributed by atoms with Gasteiger partial charge in [-0.15, -0.1) is 23.8 Å². The second-order valence-corrected chi connectivity index (χ2v) is 27.0. The van der Waals surface area contributed by atoms with Crippen molar-refractivity contribution in [3.8, 4) is 44.8 Å². The van der Waals surface area contributed by atoms with E-state index in [9.17, 15) is 0 Å². The Labute approximate surface area is 348 Å². The first kappa shape index (κ1) is 37.7. The van der Waals surface area contributed by atoms with Gasteiger partial charge in [-0.05, 0) is 57.8 Å². The maximum atomic E-state index is 9.04. The van der Waals surface area contributed by atoms with Crippen LogP contribution < -0.4 is 4.40 Å². The van der Waals surface area contributed by atoms with Crippen molar-refractivity contribution in [1.29, 1.82) is 0 Å². The van der Waals surface area contributed by atoms with Gasteiger partial charge in [-0.25, -0.2) is 0 Å². The minimum Gasteiger partial charge on any atom is -0.305 e. The topological polar surface area (TPSA) is 25.8 Å². The predicted octanol–water partition coefficient (Wildman–Crippen LogP) is 13.7. The Bertz CT molecular complexity index is 2590. The van der Waals surface area contributed by atoms with Crippen LogP contribution in [0.3, 0.4) is 0 Å². The van der Waals surface area contributed by atoms with E-state index in [1.54, 1.807) is 0 Å². The molecule has 8 aromatic rings.